The second-order valence-corrected chi connectivity index (χ2v) is 16.9. The molecule has 0 atom stereocenters. The van der Waals surface area contributed by atoms with Crippen molar-refractivity contribution in [1.82, 2.24) is 14.1 Å². The molecular weight excluding hydrogens is 793 g/mol. The maximum Gasteiger partial charge on any atom is 0.137 e. The molecule has 0 saturated heterocycles. The van der Waals surface area contributed by atoms with Crippen molar-refractivity contribution in [3.8, 4) is 33.6 Å². The first-order valence-corrected chi connectivity index (χ1v) is 22.1. The Morgan fingerprint density at radius 2 is 0.892 bits per heavy atom. The van der Waals surface area contributed by atoms with Gasteiger partial charge in [0.15, 0.2) is 0 Å². The largest absolute Gasteiger partial charge is 0.456 e. The summed E-state index contributed by atoms with van der Waals surface area (Å²) >= 11 is 0. The Morgan fingerprint density at radius 1 is 0.354 bits per heavy atom. The lowest BCUT2D eigenvalue weighted by atomic mass is 10.0. The molecule has 0 saturated carbocycles. The minimum Gasteiger partial charge on any atom is -0.456 e. The van der Waals surface area contributed by atoms with Crippen LogP contribution in [-0.2, 0) is 0 Å². The van der Waals surface area contributed by atoms with E-state index < -0.39 is 0 Å². The number of pyridine rings is 1. The van der Waals surface area contributed by atoms with E-state index in [-0.39, 0.29) is 0 Å². The van der Waals surface area contributed by atoms with Gasteiger partial charge >= 0.3 is 0 Å². The predicted octanol–water partition coefficient (Wildman–Crippen LogP) is 16.3. The summed E-state index contributed by atoms with van der Waals surface area (Å²) in [7, 11) is 0. The summed E-state index contributed by atoms with van der Waals surface area (Å²) < 4.78 is 11.2. The summed E-state index contributed by atoms with van der Waals surface area (Å²) in [6.07, 6.45) is 3.89. The minimum absolute atomic E-state index is 0.863. The van der Waals surface area contributed by atoms with Gasteiger partial charge < -0.3 is 18.5 Å². The fourth-order valence-electron chi connectivity index (χ4n) is 9.99. The van der Waals surface area contributed by atoms with Crippen LogP contribution in [0.1, 0.15) is 5.56 Å². The molecule has 0 fully saturated rings. The Labute approximate surface area is 375 Å². The summed E-state index contributed by atoms with van der Waals surface area (Å²) in [4.78, 5) is 6.96. The van der Waals surface area contributed by atoms with E-state index in [1.165, 1.54) is 43.7 Å². The van der Waals surface area contributed by atoms with Crippen LogP contribution < -0.4 is 4.90 Å². The number of anilines is 3. The first-order chi connectivity index (χ1) is 32.1. The monoisotopic (exact) mass is 832 g/mol. The molecule has 0 aliphatic carbocycles. The van der Waals surface area contributed by atoms with Gasteiger partial charge in [-0.25, -0.2) is 0 Å². The van der Waals surface area contributed by atoms with Gasteiger partial charge in [-0.2, -0.15) is 0 Å². The molecule has 0 unspecified atom stereocenters. The molecule has 4 aromatic heterocycles. The number of rotatable bonds is 7. The third-order valence-corrected chi connectivity index (χ3v) is 13.0. The molecule has 0 N–H and O–H groups in total. The summed E-state index contributed by atoms with van der Waals surface area (Å²) in [6, 6.07) is 76.4. The lowest BCUT2D eigenvalue weighted by molar-refractivity contribution is 0.669. The summed E-state index contributed by atoms with van der Waals surface area (Å²) in [5.41, 5.74) is 17.5. The number of hydrogen-bond donors (Lipinski definition) is 0. The number of hydrogen-bond acceptors (Lipinski definition) is 3. The maximum atomic E-state index is 6.40. The number of benzene rings is 9. The Kier molecular flexibility index (Phi) is 8.36. The second kappa shape index (κ2) is 14.7. The van der Waals surface area contributed by atoms with Crippen molar-refractivity contribution < 1.29 is 4.42 Å². The zero-order valence-electron chi connectivity index (χ0n) is 35.6. The van der Waals surface area contributed by atoms with E-state index in [1.807, 2.05) is 24.5 Å². The van der Waals surface area contributed by atoms with E-state index in [9.17, 15) is 0 Å². The van der Waals surface area contributed by atoms with E-state index in [0.29, 0.717) is 0 Å². The zero-order valence-corrected chi connectivity index (χ0v) is 35.6. The predicted molar refractivity (Wildman–Crippen MR) is 270 cm³/mol. The first-order valence-electron chi connectivity index (χ1n) is 22.1. The third kappa shape index (κ3) is 6.05. The molecule has 0 aliphatic rings. The average Bonchev–Trinajstić information content (AvgIpc) is 4.01. The highest BCUT2D eigenvalue weighted by Crippen LogP contribution is 2.43. The molecule has 5 nitrogen and oxygen atoms in total. The quantitative estimate of drug-likeness (QED) is 0.161. The molecule has 0 bridgehead atoms. The molecule has 65 heavy (non-hydrogen) atoms. The topological polar surface area (TPSA) is 39.1 Å². The average molecular weight is 833 g/mol. The van der Waals surface area contributed by atoms with E-state index >= 15 is 0 Å². The van der Waals surface area contributed by atoms with Crippen LogP contribution in [0.4, 0.5) is 17.1 Å². The minimum atomic E-state index is 0.863. The normalized spacial score (nSPS) is 11.8. The number of para-hydroxylation sites is 3. The molecule has 0 radical (unpaired) electrons. The van der Waals surface area contributed by atoms with Crippen molar-refractivity contribution in [2.45, 2.75) is 6.92 Å². The standard InChI is InChI=1S/C60H40N4O/c1-39-32-48(38-61-37-39)64-56-31-24-43(33-52(56)54-36-57-53(35-58(54)64)49-16-8-10-18-55(49)63(57)44-14-6-3-7-15-44)42-22-27-46(28-23-42)62(45-25-20-41(21-26-45)40-12-4-2-5-13-40)47-29-30-51-50-17-9-11-19-59(50)65-60(51)34-47/h2-38H,1H3. The fraction of sp³-hybridized carbons (Fsp3) is 0.0167. The number of fused-ring (bicyclic) bond motifs is 9. The Balaban J connectivity index is 0.963. The molecule has 0 amide bonds. The number of furan rings is 1. The molecular formula is C60H40N4O. The fourth-order valence-corrected chi connectivity index (χ4v) is 9.99. The lowest BCUT2D eigenvalue weighted by Gasteiger charge is -2.26. The van der Waals surface area contributed by atoms with Gasteiger partial charge in [0.05, 0.1) is 34.0 Å². The lowest BCUT2D eigenvalue weighted by Crippen LogP contribution is -2.09. The smallest absolute Gasteiger partial charge is 0.137 e. The summed E-state index contributed by atoms with van der Waals surface area (Å²) in [5, 5.41) is 7.06. The third-order valence-electron chi connectivity index (χ3n) is 13.0. The van der Waals surface area contributed by atoms with Gasteiger partial charge in [-0.15, -0.1) is 0 Å². The maximum absolute atomic E-state index is 6.40. The van der Waals surface area contributed by atoms with Crippen LogP contribution in [0.2, 0.25) is 0 Å². The second-order valence-electron chi connectivity index (χ2n) is 16.9. The van der Waals surface area contributed by atoms with Crippen LogP contribution >= 0.6 is 0 Å². The molecule has 4 heterocycles. The van der Waals surface area contributed by atoms with Crippen molar-refractivity contribution in [2.24, 2.45) is 0 Å². The highest BCUT2D eigenvalue weighted by atomic mass is 16.3. The summed E-state index contributed by atoms with van der Waals surface area (Å²) in [6.45, 7) is 2.11. The van der Waals surface area contributed by atoms with Crippen LogP contribution in [0.25, 0.3) is 99.2 Å². The van der Waals surface area contributed by atoms with Crippen LogP contribution in [0, 0.1) is 6.92 Å². The Bertz CT molecular complexity index is 3940. The van der Waals surface area contributed by atoms with E-state index in [0.717, 1.165) is 78.1 Å². The van der Waals surface area contributed by atoms with Gasteiger partial charge in [-0.05, 0) is 126 Å². The van der Waals surface area contributed by atoms with Gasteiger partial charge in [0.25, 0.3) is 0 Å². The van der Waals surface area contributed by atoms with Crippen molar-refractivity contribution >= 4 is 82.6 Å². The van der Waals surface area contributed by atoms with Crippen molar-refractivity contribution in [3.05, 3.63) is 230 Å². The molecule has 0 spiro atoms. The Morgan fingerprint density at radius 3 is 1.63 bits per heavy atom. The van der Waals surface area contributed by atoms with Crippen molar-refractivity contribution in [1.29, 1.82) is 0 Å². The molecule has 9 aromatic carbocycles. The van der Waals surface area contributed by atoms with Crippen LogP contribution in [-0.4, -0.2) is 14.1 Å². The van der Waals surface area contributed by atoms with E-state index in [1.54, 1.807) is 0 Å². The highest BCUT2D eigenvalue weighted by molar-refractivity contribution is 6.19. The van der Waals surface area contributed by atoms with Crippen LogP contribution in [0.15, 0.2) is 229 Å². The molecule has 13 rings (SSSR count). The SMILES string of the molecule is Cc1cncc(-n2c3ccc(-c4ccc(N(c5ccc(-c6ccccc6)cc5)c5ccc6c(c5)oc5ccccc56)cc4)cc3c3cc4c(cc32)c2ccccc2n4-c2ccccc2)c1. The number of nitrogens with zero attached hydrogens (tertiary/aromatic N) is 4. The first kappa shape index (κ1) is 36.9. The molecule has 5 heteroatoms. The van der Waals surface area contributed by atoms with E-state index in [2.05, 4.69) is 226 Å². The zero-order chi connectivity index (χ0) is 43.0. The van der Waals surface area contributed by atoms with Crippen LogP contribution in [0.5, 0.6) is 0 Å². The van der Waals surface area contributed by atoms with Gasteiger partial charge in [0.2, 0.25) is 0 Å². The molecule has 13 aromatic rings. The molecule has 0 aliphatic heterocycles. The van der Waals surface area contributed by atoms with E-state index in [4.69, 9.17) is 4.42 Å². The van der Waals surface area contributed by atoms with Gasteiger partial charge in [0, 0.05) is 67.3 Å². The Hall–Kier alpha value is -8.67. The van der Waals surface area contributed by atoms with Crippen molar-refractivity contribution in [3.63, 3.8) is 0 Å². The number of aromatic nitrogens is 3. The van der Waals surface area contributed by atoms with Crippen molar-refractivity contribution in [2.75, 3.05) is 4.90 Å². The van der Waals surface area contributed by atoms with Gasteiger partial charge in [0.1, 0.15) is 11.2 Å². The van der Waals surface area contributed by atoms with Gasteiger partial charge in [-0.1, -0.05) is 115 Å². The highest BCUT2D eigenvalue weighted by Gasteiger charge is 2.20. The van der Waals surface area contributed by atoms with Crippen LogP contribution in [0.3, 0.4) is 0 Å². The number of aryl methyl sites for hydroxylation is 1. The van der Waals surface area contributed by atoms with Gasteiger partial charge in [-0.3, -0.25) is 4.98 Å². The summed E-state index contributed by atoms with van der Waals surface area (Å²) in [5.74, 6) is 0. The molecule has 306 valence electrons.